The summed E-state index contributed by atoms with van der Waals surface area (Å²) in [4.78, 5) is 8.66. The normalized spacial score (nSPS) is 11.3. The molecule has 2 aromatic rings. The van der Waals surface area contributed by atoms with E-state index in [1.807, 2.05) is 19.9 Å². The van der Waals surface area contributed by atoms with Crippen molar-refractivity contribution in [2.24, 2.45) is 5.92 Å². The summed E-state index contributed by atoms with van der Waals surface area (Å²) in [6.45, 7) is 8.06. The number of hydrogen-bond acceptors (Lipinski definition) is 3. The van der Waals surface area contributed by atoms with E-state index in [-0.39, 0.29) is 0 Å². The number of nitrogens with zero attached hydrogens (tertiary/aromatic N) is 4. The first-order valence-electron chi connectivity index (χ1n) is 6.57. The summed E-state index contributed by atoms with van der Waals surface area (Å²) < 4.78 is 1.65. The lowest BCUT2D eigenvalue weighted by atomic mass is 10.1. The molecule has 0 aliphatic carbocycles. The van der Waals surface area contributed by atoms with Crippen molar-refractivity contribution in [3.05, 3.63) is 34.0 Å². The zero-order valence-electron chi connectivity index (χ0n) is 12.1. The van der Waals surface area contributed by atoms with E-state index in [0.717, 1.165) is 23.4 Å². The van der Waals surface area contributed by atoms with E-state index < -0.39 is 0 Å². The van der Waals surface area contributed by atoms with E-state index in [4.69, 9.17) is 23.2 Å². The Hall–Kier alpha value is -1.13. The fraction of sp³-hybridized carbons (Fsp3) is 0.500. The van der Waals surface area contributed by atoms with Crippen molar-refractivity contribution < 1.29 is 0 Å². The lowest BCUT2D eigenvalue weighted by Gasteiger charge is -2.04. The first kappa shape index (κ1) is 15.3. The Morgan fingerprint density at radius 3 is 2.50 bits per heavy atom. The summed E-state index contributed by atoms with van der Waals surface area (Å²) in [6.07, 6.45) is 0.845. The lowest BCUT2D eigenvalue weighted by Crippen LogP contribution is -2.04. The third-order valence-corrected chi connectivity index (χ3v) is 3.56. The van der Waals surface area contributed by atoms with Gasteiger partial charge in [0.2, 0.25) is 0 Å². The number of aromatic nitrogens is 4. The molecule has 4 nitrogen and oxygen atoms in total. The molecule has 2 heterocycles. The first-order valence-corrected chi connectivity index (χ1v) is 7.48. The molecule has 0 saturated heterocycles. The monoisotopic (exact) mass is 312 g/mol. The minimum Gasteiger partial charge on any atom is -0.238 e. The smallest absolute Gasteiger partial charge is 0.159 e. The molecule has 0 unspecified atom stereocenters. The highest BCUT2D eigenvalue weighted by Crippen LogP contribution is 2.26. The van der Waals surface area contributed by atoms with Crippen molar-refractivity contribution in [3.63, 3.8) is 0 Å². The van der Waals surface area contributed by atoms with Gasteiger partial charge in [-0.2, -0.15) is 5.10 Å². The number of hydrogen-bond donors (Lipinski definition) is 0. The highest BCUT2D eigenvalue weighted by molar-refractivity contribution is 6.31. The summed E-state index contributed by atoms with van der Waals surface area (Å²) in [5, 5.41) is 5.12. The highest BCUT2D eigenvalue weighted by Gasteiger charge is 2.18. The van der Waals surface area contributed by atoms with E-state index in [9.17, 15) is 0 Å². The Kier molecular flexibility index (Phi) is 4.66. The van der Waals surface area contributed by atoms with Crippen LogP contribution in [0.15, 0.2) is 6.07 Å². The molecule has 0 saturated carbocycles. The first-order chi connectivity index (χ1) is 9.42. The molecule has 0 N–H and O–H groups in total. The molecular formula is C14H18Cl2N4. The fourth-order valence-corrected chi connectivity index (χ4v) is 2.76. The maximum absolute atomic E-state index is 6.41. The average molecular weight is 313 g/mol. The third kappa shape index (κ3) is 3.13. The van der Waals surface area contributed by atoms with Crippen molar-refractivity contribution in [1.82, 2.24) is 19.7 Å². The number of halogens is 2. The maximum Gasteiger partial charge on any atom is 0.159 e. The standard InChI is InChI=1S/C14H18Cl2N4/c1-8(2)5-12-11(7-15)14(16)20(19-12)13-6-9(3)17-10(4)18-13/h6,8H,5,7H2,1-4H3. The van der Waals surface area contributed by atoms with Gasteiger partial charge >= 0.3 is 0 Å². The van der Waals surface area contributed by atoms with Crippen molar-refractivity contribution in [2.75, 3.05) is 0 Å². The number of rotatable bonds is 4. The molecular weight excluding hydrogens is 295 g/mol. The van der Waals surface area contributed by atoms with Gasteiger partial charge in [-0.25, -0.2) is 14.6 Å². The van der Waals surface area contributed by atoms with E-state index in [1.165, 1.54) is 0 Å². The molecule has 6 heteroatoms. The topological polar surface area (TPSA) is 43.6 Å². The van der Waals surface area contributed by atoms with Crippen LogP contribution in [0.1, 0.15) is 36.6 Å². The fourth-order valence-electron chi connectivity index (χ4n) is 2.11. The van der Waals surface area contributed by atoms with Gasteiger partial charge in [-0.05, 0) is 26.2 Å². The predicted octanol–water partition coefficient (Wildman–Crippen LogP) is 3.87. The van der Waals surface area contributed by atoms with Gasteiger partial charge in [-0.15, -0.1) is 11.6 Å². The summed E-state index contributed by atoms with van der Waals surface area (Å²) in [7, 11) is 0. The Morgan fingerprint density at radius 2 is 1.95 bits per heavy atom. The van der Waals surface area contributed by atoms with Crippen LogP contribution < -0.4 is 0 Å². The summed E-state index contributed by atoms with van der Waals surface area (Å²) in [5.41, 5.74) is 2.71. The van der Waals surface area contributed by atoms with Crippen LogP contribution in [0.4, 0.5) is 0 Å². The van der Waals surface area contributed by atoms with E-state index in [1.54, 1.807) is 4.68 Å². The Labute approximate surface area is 129 Å². The zero-order chi connectivity index (χ0) is 14.9. The van der Waals surface area contributed by atoms with Gasteiger partial charge in [0.25, 0.3) is 0 Å². The molecule has 0 aromatic carbocycles. The van der Waals surface area contributed by atoms with Crippen LogP contribution in [0.25, 0.3) is 5.82 Å². The molecule has 108 valence electrons. The summed E-state index contributed by atoms with van der Waals surface area (Å²) >= 11 is 12.4. The Balaban J connectivity index is 2.54. The van der Waals surface area contributed by atoms with Crippen LogP contribution in [0, 0.1) is 19.8 Å². The molecule has 2 aromatic heterocycles. The molecule has 0 radical (unpaired) electrons. The molecule has 0 bridgehead atoms. The molecule has 0 fully saturated rings. The van der Waals surface area contributed by atoms with Gasteiger partial charge in [0.05, 0.1) is 11.6 Å². The molecule has 0 aliphatic rings. The van der Waals surface area contributed by atoms with Crippen LogP contribution >= 0.6 is 23.2 Å². The molecule has 2 rings (SSSR count). The van der Waals surface area contributed by atoms with Gasteiger partial charge in [0.1, 0.15) is 11.0 Å². The number of aryl methyl sites for hydroxylation is 2. The lowest BCUT2D eigenvalue weighted by molar-refractivity contribution is 0.625. The van der Waals surface area contributed by atoms with Crippen molar-refractivity contribution in [3.8, 4) is 5.82 Å². The largest absolute Gasteiger partial charge is 0.238 e. The van der Waals surface area contributed by atoms with E-state index in [0.29, 0.717) is 28.6 Å². The van der Waals surface area contributed by atoms with Crippen LogP contribution in [0.3, 0.4) is 0 Å². The SMILES string of the molecule is Cc1cc(-n2nc(CC(C)C)c(CCl)c2Cl)nc(C)n1. The van der Waals surface area contributed by atoms with E-state index in [2.05, 4.69) is 28.9 Å². The molecule has 0 atom stereocenters. The second-order valence-corrected chi connectivity index (χ2v) is 5.90. The van der Waals surface area contributed by atoms with Gasteiger partial charge in [0, 0.05) is 17.3 Å². The van der Waals surface area contributed by atoms with Crippen LogP contribution in [0.2, 0.25) is 5.15 Å². The molecule has 20 heavy (non-hydrogen) atoms. The van der Waals surface area contributed by atoms with Crippen molar-refractivity contribution in [1.29, 1.82) is 0 Å². The van der Waals surface area contributed by atoms with E-state index >= 15 is 0 Å². The Morgan fingerprint density at radius 1 is 1.25 bits per heavy atom. The summed E-state index contributed by atoms with van der Waals surface area (Å²) in [6, 6.07) is 1.86. The highest BCUT2D eigenvalue weighted by atomic mass is 35.5. The summed E-state index contributed by atoms with van der Waals surface area (Å²) in [5.74, 6) is 2.22. The molecule has 0 amide bonds. The van der Waals surface area contributed by atoms with Crippen LogP contribution in [-0.2, 0) is 12.3 Å². The van der Waals surface area contributed by atoms with Gasteiger partial charge in [-0.3, -0.25) is 0 Å². The van der Waals surface area contributed by atoms with Crippen LogP contribution in [0.5, 0.6) is 0 Å². The maximum atomic E-state index is 6.41. The number of alkyl halides is 1. The Bertz CT molecular complexity index is 600. The van der Waals surface area contributed by atoms with Crippen molar-refractivity contribution in [2.45, 2.75) is 40.0 Å². The van der Waals surface area contributed by atoms with Gasteiger partial charge < -0.3 is 0 Å². The van der Waals surface area contributed by atoms with Crippen LogP contribution in [-0.4, -0.2) is 19.7 Å². The second-order valence-electron chi connectivity index (χ2n) is 5.27. The minimum atomic E-state index is 0.351. The van der Waals surface area contributed by atoms with Crippen molar-refractivity contribution >= 4 is 23.2 Å². The second kappa shape index (κ2) is 6.10. The predicted molar refractivity (Wildman–Crippen MR) is 81.7 cm³/mol. The zero-order valence-corrected chi connectivity index (χ0v) is 13.6. The minimum absolute atomic E-state index is 0.351. The van der Waals surface area contributed by atoms with Gasteiger partial charge in [-0.1, -0.05) is 25.4 Å². The molecule has 0 aliphatic heterocycles. The average Bonchev–Trinajstić information content (AvgIpc) is 2.63. The quantitative estimate of drug-likeness (QED) is 0.805. The third-order valence-electron chi connectivity index (χ3n) is 2.91. The molecule has 0 spiro atoms. The van der Waals surface area contributed by atoms with Gasteiger partial charge in [0.15, 0.2) is 5.82 Å².